The molecular weight excluding hydrogens is 328 g/mol. The van der Waals surface area contributed by atoms with Crippen LogP contribution in [0.5, 0.6) is 0 Å². The largest absolute Gasteiger partial charge is 0.349 e. The smallest absolute Gasteiger partial charge is 0.222 e. The topological polar surface area (TPSA) is 41.1 Å². The first-order chi connectivity index (χ1) is 10.4. The Balaban J connectivity index is 0.00000264. The van der Waals surface area contributed by atoms with Crippen molar-refractivity contribution in [1.82, 2.24) is 10.6 Å². The molecule has 0 saturated carbocycles. The lowest BCUT2D eigenvalue weighted by molar-refractivity contribution is -0.122. The fourth-order valence-corrected chi connectivity index (χ4v) is 3.73. The molecule has 1 aliphatic heterocycles. The molecule has 2 unspecified atom stereocenters. The molecule has 2 rings (SSSR count). The van der Waals surface area contributed by atoms with Crippen molar-refractivity contribution in [2.45, 2.75) is 45.7 Å². The molecule has 2 N–H and O–H groups in total. The first-order valence-electron chi connectivity index (χ1n) is 8.09. The summed E-state index contributed by atoms with van der Waals surface area (Å²) in [5.41, 5.74) is 1.36. The number of hydrogen-bond donors (Lipinski definition) is 2. The number of carbonyl (C=O) groups is 1. The van der Waals surface area contributed by atoms with E-state index in [9.17, 15) is 4.79 Å². The molecule has 1 amide bonds. The monoisotopic (exact) mass is 356 g/mol. The quantitative estimate of drug-likeness (QED) is 0.843. The van der Waals surface area contributed by atoms with Crippen LogP contribution in [0.4, 0.5) is 0 Å². The molecule has 3 nitrogen and oxygen atoms in total. The van der Waals surface area contributed by atoms with Gasteiger partial charge in [0.1, 0.15) is 0 Å². The summed E-state index contributed by atoms with van der Waals surface area (Å²) in [4.78, 5) is 12.4. The number of halogens is 1. The van der Waals surface area contributed by atoms with Gasteiger partial charge in [-0.05, 0) is 17.4 Å². The second-order valence-electron chi connectivity index (χ2n) is 7.23. The zero-order valence-corrected chi connectivity index (χ0v) is 15.9. The van der Waals surface area contributed by atoms with Gasteiger partial charge in [0, 0.05) is 30.5 Å². The molecule has 1 fully saturated rings. The average Bonchev–Trinajstić information content (AvgIpc) is 2.47. The molecule has 0 radical (unpaired) electrons. The van der Waals surface area contributed by atoms with Crippen LogP contribution in [0.2, 0.25) is 0 Å². The van der Waals surface area contributed by atoms with Crippen molar-refractivity contribution in [1.29, 1.82) is 0 Å². The molecule has 0 aliphatic carbocycles. The van der Waals surface area contributed by atoms with E-state index in [1.807, 2.05) is 30.0 Å². The normalized spacial score (nSPS) is 19.5. The molecule has 0 aromatic heterocycles. The molecule has 1 heterocycles. The highest BCUT2D eigenvalue weighted by atomic mass is 35.5. The number of nitrogens with one attached hydrogen (secondary N) is 2. The molecule has 2 atom stereocenters. The van der Waals surface area contributed by atoms with Crippen LogP contribution in [-0.4, -0.2) is 30.0 Å². The SMILES string of the molecule is CC(C)(C)CC(NC(=O)CC1CSCCN1)c1ccccc1.Cl. The Morgan fingerprint density at radius 1 is 1.35 bits per heavy atom. The van der Waals surface area contributed by atoms with Crippen LogP contribution in [0.3, 0.4) is 0 Å². The molecule has 0 bridgehead atoms. The van der Waals surface area contributed by atoms with E-state index in [1.165, 1.54) is 5.56 Å². The van der Waals surface area contributed by atoms with Crippen LogP contribution in [0.15, 0.2) is 30.3 Å². The summed E-state index contributed by atoms with van der Waals surface area (Å²) in [6, 6.07) is 10.7. The van der Waals surface area contributed by atoms with Crippen molar-refractivity contribution < 1.29 is 4.79 Å². The van der Waals surface area contributed by atoms with Gasteiger partial charge in [-0.1, -0.05) is 51.1 Å². The van der Waals surface area contributed by atoms with Crippen LogP contribution in [-0.2, 0) is 4.79 Å². The van der Waals surface area contributed by atoms with Gasteiger partial charge in [-0.15, -0.1) is 12.4 Å². The maximum Gasteiger partial charge on any atom is 0.222 e. The summed E-state index contributed by atoms with van der Waals surface area (Å²) in [6.07, 6.45) is 1.51. The summed E-state index contributed by atoms with van der Waals surface area (Å²) < 4.78 is 0. The second-order valence-corrected chi connectivity index (χ2v) is 8.38. The fraction of sp³-hybridized carbons (Fsp3) is 0.611. The first-order valence-corrected chi connectivity index (χ1v) is 9.25. The standard InChI is InChI=1S/C18H28N2OS.ClH/c1-18(2,3)12-16(14-7-5-4-6-8-14)20-17(21)11-15-13-22-10-9-19-15;/h4-8,15-16,19H,9-13H2,1-3H3,(H,20,21);1H. The van der Waals surface area contributed by atoms with E-state index in [1.54, 1.807) is 0 Å². The van der Waals surface area contributed by atoms with Crippen LogP contribution >= 0.6 is 24.2 Å². The Hall–Kier alpha value is -0.710. The van der Waals surface area contributed by atoms with E-state index in [-0.39, 0.29) is 29.8 Å². The van der Waals surface area contributed by atoms with Gasteiger partial charge in [-0.25, -0.2) is 0 Å². The van der Waals surface area contributed by atoms with E-state index in [0.29, 0.717) is 12.5 Å². The predicted molar refractivity (Wildman–Crippen MR) is 102 cm³/mol. The maximum atomic E-state index is 12.4. The van der Waals surface area contributed by atoms with Crippen LogP contribution in [0.25, 0.3) is 0 Å². The summed E-state index contributed by atoms with van der Waals surface area (Å²) >= 11 is 1.93. The predicted octanol–water partition coefficient (Wildman–Crippen LogP) is 3.80. The molecule has 1 saturated heterocycles. The van der Waals surface area contributed by atoms with Crippen LogP contribution < -0.4 is 10.6 Å². The van der Waals surface area contributed by atoms with Crippen molar-refractivity contribution in [3.05, 3.63) is 35.9 Å². The van der Waals surface area contributed by atoms with Gasteiger partial charge < -0.3 is 10.6 Å². The number of rotatable bonds is 5. The molecule has 5 heteroatoms. The molecule has 0 spiro atoms. The maximum absolute atomic E-state index is 12.4. The highest BCUT2D eigenvalue weighted by Gasteiger charge is 2.23. The number of thioether (sulfide) groups is 1. The van der Waals surface area contributed by atoms with Gasteiger partial charge in [0.15, 0.2) is 0 Å². The highest BCUT2D eigenvalue weighted by molar-refractivity contribution is 7.99. The summed E-state index contributed by atoms with van der Waals surface area (Å²) in [5.74, 6) is 2.33. The Bertz CT molecular complexity index is 470. The Morgan fingerprint density at radius 3 is 2.61 bits per heavy atom. The molecule has 1 aromatic carbocycles. The fourth-order valence-electron chi connectivity index (χ4n) is 2.78. The molecule has 23 heavy (non-hydrogen) atoms. The minimum Gasteiger partial charge on any atom is -0.349 e. The van der Waals surface area contributed by atoms with Crippen molar-refractivity contribution >= 4 is 30.1 Å². The molecule has 130 valence electrons. The average molecular weight is 357 g/mol. The third-order valence-corrected chi connectivity index (χ3v) is 4.91. The van der Waals surface area contributed by atoms with Crippen molar-refractivity contribution in [3.63, 3.8) is 0 Å². The molecular formula is C18H29ClN2OS. The van der Waals surface area contributed by atoms with Gasteiger partial charge >= 0.3 is 0 Å². The van der Waals surface area contributed by atoms with Gasteiger partial charge in [0.05, 0.1) is 6.04 Å². The Kier molecular flexibility index (Phi) is 8.45. The van der Waals surface area contributed by atoms with E-state index >= 15 is 0 Å². The van der Waals surface area contributed by atoms with Gasteiger partial charge in [-0.2, -0.15) is 11.8 Å². The zero-order valence-electron chi connectivity index (χ0n) is 14.3. The second kappa shape index (κ2) is 9.55. The number of benzene rings is 1. The van der Waals surface area contributed by atoms with Gasteiger partial charge in [0.2, 0.25) is 5.91 Å². The lowest BCUT2D eigenvalue weighted by Crippen LogP contribution is -2.42. The summed E-state index contributed by atoms with van der Waals surface area (Å²) in [7, 11) is 0. The van der Waals surface area contributed by atoms with Crippen molar-refractivity contribution in [3.8, 4) is 0 Å². The number of hydrogen-bond acceptors (Lipinski definition) is 3. The van der Waals surface area contributed by atoms with Gasteiger partial charge in [-0.3, -0.25) is 4.79 Å². The first kappa shape index (κ1) is 20.3. The third-order valence-electron chi connectivity index (χ3n) is 3.78. The van der Waals surface area contributed by atoms with E-state index in [2.05, 4.69) is 43.5 Å². The van der Waals surface area contributed by atoms with E-state index in [4.69, 9.17) is 0 Å². The lowest BCUT2D eigenvalue weighted by atomic mass is 9.85. The van der Waals surface area contributed by atoms with E-state index < -0.39 is 0 Å². The van der Waals surface area contributed by atoms with Crippen molar-refractivity contribution in [2.24, 2.45) is 5.41 Å². The van der Waals surface area contributed by atoms with Crippen LogP contribution in [0.1, 0.15) is 45.2 Å². The number of carbonyl (C=O) groups excluding carboxylic acids is 1. The molecule has 1 aromatic rings. The zero-order chi connectivity index (χ0) is 16.0. The van der Waals surface area contributed by atoms with E-state index in [0.717, 1.165) is 24.5 Å². The molecule has 1 aliphatic rings. The Morgan fingerprint density at radius 2 is 2.04 bits per heavy atom. The summed E-state index contributed by atoms with van der Waals surface area (Å²) in [5, 5.41) is 6.68. The van der Waals surface area contributed by atoms with Crippen molar-refractivity contribution in [2.75, 3.05) is 18.1 Å². The minimum absolute atomic E-state index is 0. The highest BCUT2D eigenvalue weighted by Crippen LogP contribution is 2.29. The lowest BCUT2D eigenvalue weighted by Gasteiger charge is -2.28. The third kappa shape index (κ3) is 7.60. The summed E-state index contributed by atoms with van der Waals surface area (Å²) in [6.45, 7) is 7.66. The Labute approximate surface area is 150 Å². The minimum atomic E-state index is 0. The van der Waals surface area contributed by atoms with Crippen LogP contribution in [0, 0.1) is 5.41 Å². The van der Waals surface area contributed by atoms with Gasteiger partial charge in [0.25, 0.3) is 0 Å². The number of amides is 1.